The standard InChI is InChI=1S/C20H26FN7O/c1-11(2)6-14(9-22)26-20-16(21)8-15(18(23)29)19(27-20)25-13-4-5-17-12(7-13)10-24-28(17)3/h4-5,7-8,10-11,14H,6,9,22H2,1-3H3,(H2,23,29)(H2,25,26,27)/t14-/m1/s1. The molecule has 2 aromatic heterocycles. The van der Waals surface area contributed by atoms with E-state index in [0.717, 1.165) is 23.4 Å². The molecule has 0 aliphatic carbocycles. The SMILES string of the molecule is CC(C)C[C@H](CN)Nc1nc(Nc2ccc3c(cnn3C)c2)c(C(N)=O)cc1F. The molecule has 0 unspecified atom stereocenters. The number of halogens is 1. The summed E-state index contributed by atoms with van der Waals surface area (Å²) in [6.07, 6.45) is 2.49. The first-order valence-electron chi connectivity index (χ1n) is 9.44. The summed E-state index contributed by atoms with van der Waals surface area (Å²) < 4.78 is 16.3. The third-order valence-corrected chi connectivity index (χ3v) is 4.63. The molecule has 0 bridgehead atoms. The molecule has 8 nitrogen and oxygen atoms in total. The van der Waals surface area contributed by atoms with Crippen molar-refractivity contribution in [1.82, 2.24) is 14.8 Å². The predicted octanol–water partition coefficient (Wildman–Crippen LogP) is 2.74. The van der Waals surface area contributed by atoms with Crippen LogP contribution in [0.5, 0.6) is 0 Å². The molecule has 0 saturated carbocycles. The van der Waals surface area contributed by atoms with E-state index >= 15 is 0 Å². The summed E-state index contributed by atoms with van der Waals surface area (Å²) in [5, 5.41) is 11.2. The zero-order valence-corrected chi connectivity index (χ0v) is 16.7. The largest absolute Gasteiger partial charge is 0.365 e. The summed E-state index contributed by atoms with van der Waals surface area (Å²) in [6, 6.07) is 6.54. The predicted molar refractivity (Wildman–Crippen MR) is 113 cm³/mol. The smallest absolute Gasteiger partial charge is 0.252 e. The summed E-state index contributed by atoms with van der Waals surface area (Å²) >= 11 is 0. The van der Waals surface area contributed by atoms with Crippen molar-refractivity contribution in [3.8, 4) is 0 Å². The molecule has 9 heteroatoms. The number of amides is 1. The van der Waals surface area contributed by atoms with Gasteiger partial charge in [0.1, 0.15) is 5.82 Å². The molecule has 2 heterocycles. The molecule has 3 rings (SSSR count). The highest BCUT2D eigenvalue weighted by molar-refractivity contribution is 5.99. The zero-order chi connectivity index (χ0) is 21.1. The number of rotatable bonds is 8. The summed E-state index contributed by atoms with van der Waals surface area (Å²) in [6.45, 7) is 4.45. The van der Waals surface area contributed by atoms with Gasteiger partial charge in [-0.3, -0.25) is 9.48 Å². The fourth-order valence-electron chi connectivity index (χ4n) is 3.23. The van der Waals surface area contributed by atoms with Gasteiger partial charge in [0.05, 0.1) is 17.3 Å². The van der Waals surface area contributed by atoms with E-state index < -0.39 is 11.7 Å². The van der Waals surface area contributed by atoms with Gasteiger partial charge in [-0.05, 0) is 36.6 Å². The van der Waals surface area contributed by atoms with E-state index in [0.29, 0.717) is 18.2 Å². The number of benzene rings is 1. The van der Waals surface area contributed by atoms with Crippen molar-refractivity contribution in [1.29, 1.82) is 0 Å². The van der Waals surface area contributed by atoms with Gasteiger partial charge < -0.3 is 22.1 Å². The average molecular weight is 399 g/mol. The Labute approximate surface area is 168 Å². The van der Waals surface area contributed by atoms with Gasteiger partial charge in [-0.2, -0.15) is 5.10 Å². The minimum Gasteiger partial charge on any atom is -0.365 e. The van der Waals surface area contributed by atoms with Gasteiger partial charge in [-0.15, -0.1) is 0 Å². The minimum absolute atomic E-state index is 0.0241. The highest BCUT2D eigenvalue weighted by Crippen LogP contribution is 2.26. The number of nitrogens with one attached hydrogen (secondary N) is 2. The van der Waals surface area contributed by atoms with Crippen molar-refractivity contribution in [2.75, 3.05) is 17.2 Å². The molecule has 6 N–H and O–H groups in total. The van der Waals surface area contributed by atoms with E-state index in [1.807, 2.05) is 25.2 Å². The van der Waals surface area contributed by atoms with E-state index in [4.69, 9.17) is 11.5 Å². The quantitative estimate of drug-likeness (QED) is 0.462. The number of aromatic nitrogens is 3. The fraction of sp³-hybridized carbons (Fsp3) is 0.350. The number of hydrogen-bond acceptors (Lipinski definition) is 6. The number of nitrogens with zero attached hydrogens (tertiary/aromatic N) is 3. The third kappa shape index (κ3) is 4.62. The summed E-state index contributed by atoms with van der Waals surface area (Å²) in [5.74, 6) is -0.853. The Hall–Kier alpha value is -3.20. The molecular weight excluding hydrogens is 373 g/mol. The molecule has 154 valence electrons. The number of hydrogen-bond donors (Lipinski definition) is 4. The van der Waals surface area contributed by atoms with Crippen LogP contribution in [0.2, 0.25) is 0 Å². The van der Waals surface area contributed by atoms with Crippen molar-refractivity contribution in [3.63, 3.8) is 0 Å². The van der Waals surface area contributed by atoms with Gasteiger partial charge in [0.2, 0.25) is 0 Å². The molecule has 1 amide bonds. The Morgan fingerprint density at radius 1 is 1.28 bits per heavy atom. The van der Waals surface area contributed by atoms with Crippen LogP contribution in [0, 0.1) is 11.7 Å². The van der Waals surface area contributed by atoms with Crippen molar-refractivity contribution < 1.29 is 9.18 Å². The van der Waals surface area contributed by atoms with Gasteiger partial charge in [-0.25, -0.2) is 9.37 Å². The van der Waals surface area contributed by atoms with Crippen LogP contribution in [0.4, 0.5) is 21.7 Å². The van der Waals surface area contributed by atoms with Crippen LogP contribution in [-0.4, -0.2) is 33.3 Å². The minimum atomic E-state index is -0.773. The number of carbonyl (C=O) groups is 1. The van der Waals surface area contributed by atoms with E-state index in [2.05, 4.69) is 34.6 Å². The molecule has 0 aliphatic heterocycles. The molecule has 0 fully saturated rings. The van der Waals surface area contributed by atoms with E-state index in [-0.39, 0.29) is 23.2 Å². The second-order valence-electron chi connectivity index (χ2n) is 7.45. The lowest BCUT2D eigenvalue weighted by Crippen LogP contribution is -2.31. The number of nitrogens with two attached hydrogens (primary N) is 2. The maximum Gasteiger partial charge on any atom is 0.252 e. The second kappa shape index (κ2) is 8.44. The number of anilines is 3. The van der Waals surface area contributed by atoms with E-state index in [1.54, 1.807) is 10.9 Å². The Bertz CT molecular complexity index is 1030. The Balaban J connectivity index is 1.95. The highest BCUT2D eigenvalue weighted by atomic mass is 19.1. The lowest BCUT2D eigenvalue weighted by molar-refractivity contribution is 0.100. The maximum absolute atomic E-state index is 14.6. The van der Waals surface area contributed by atoms with Crippen LogP contribution in [0.1, 0.15) is 30.6 Å². The lowest BCUT2D eigenvalue weighted by Gasteiger charge is -2.21. The maximum atomic E-state index is 14.6. The van der Waals surface area contributed by atoms with Crippen LogP contribution in [0.3, 0.4) is 0 Å². The molecule has 0 spiro atoms. The fourth-order valence-corrected chi connectivity index (χ4v) is 3.23. The monoisotopic (exact) mass is 399 g/mol. The zero-order valence-electron chi connectivity index (χ0n) is 16.7. The first kappa shape index (κ1) is 20.5. The van der Waals surface area contributed by atoms with Crippen molar-refractivity contribution in [3.05, 3.63) is 41.8 Å². The summed E-state index contributed by atoms with van der Waals surface area (Å²) in [4.78, 5) is 16.1. The van der Waals surface area contributed by atoms with E-state index in [1.165, 1.54) is 0 Å². The molecule has 0 radical (unpaired) electrons. The number of pyridine rings is 1. The second-order valence-corrected chi connectivity index (χ2v) is 7.45. The summed E-state index contributed by atoms with van der Waals surface area (Å²) in [5.41, 5.74) is 12.8. The van der Waals surface area contributed by atoms with Crippen molar-refractivity contribution in [2.24, 2.45) is 24.4 Å². The first-order chi connectivity index (χ1) is 13.8. The summed E-state index contributed by atoms with van der Waals surface area (Å²) in [7, 11) is 1.85. The number of carbonyl (C=O) groups excluding carboxylic acids is 1. The number of fused-ring (bicyclic) bond motifs is 1. The molecule has 0 saturated heterocycles. The first-order valence-corrected chi connectivity index (χ1v) is 9.44. The molecule has 1 aromatic carbocycles. The topological polar surface area (TPSA) is 124 Å². The van der Waals surface area contributed by atoms with Gasteiger partial charge in [0.25, 0.3) is 5.91 Å². The molecular formula is C20H26FN7O. The number of aryl methyl sites for hydroxylation is 1. The van der Waals surface area contributed by atoms with Crippen LogP contribution in [-0.2, 0) is 7.05 Å². The highest BCUT2D eigenvalue weighted by Gasteiger charge is 2.19. The van der Waals surface area contributed by atoms with Crippen LogP contribution in [0.25, 0.3) is 10.9 Å². The van der Waals surface area contributed by atoms with Crippen LogP contribution >= 0.6 is 0 Å². The van der Waals surface area contributed by atoms with Crippen LogP contribution in [0.15, 0.2) is 30.5 Å². The van der Waals surface area contributed by atoms with Gasteiger partial charge in [0.15, 0.2) is 11.6 Å². The Morgan fingerprint density at radius 2 is 2.03 bits per heavy atom. The normalized spacial score (nSPS) is 12.3. The van der Waals surface area contributed by atoms with E-state index in [9.17, 15) is 9.18 Å². The number of primary amides is 1. The van der Waals surface area contributed by atoms with Crippen molar-refractivity contribution >= 4 is 34.1 Å². The van der Waals surface area contributed by atoms with Crippen LogP contribution < -0.4 is 22.1 Å². The van der Waals surface area contributed by atoms with Crippen molar-refractivity contribution in [2.45, 2.75) is 26.3 Å². The molecule has 0 aliphatic rings. The van der Waals surface area contributed by atoms with Gasteiger partial charge in [0, 0.05) is 30.7 Å². The molecule has 29 heavy (non-hydrogen) atoms. The Morgan fingerprint density at radius 3 is 2.69 bits per heavy atom. The third-order valence-electron chi connectivity index (χ3n) is 4.63. The average Bonchev–Trinajstić information content (AvgIpc) is 3.03. The Kier molecular flexibility index (Phi) is 5.97. The molecule has 3 aromatic rings. The van der Waals surface area contributed by atoms with Gasteiger partial charge >= 0.3 is 0 Å². The molecule has 1 atom stereocenters. The van der Waals surface area contributed by atoms with Gasteiger partial charge in [-0.1, -0.05) is 13.8 Å². The lowest BCUT2D eigenvalue weighted by atomic mass is 10.0.